The smallest absolute Gasteiger partial charge is 0.254 e. The van der Waals surface area contributed by atoms with Gasteiger partial charge in [0.2, 0.25) is 0 Å². The quantitative estimate of drug-likeness (QED) is 0.402. The van der Waals surface area contributed by atoms with Crippen molar-refractivity contribution in [1.29, 1.82) is 0 Å². The Morgan fingerprint density at radius 1 is 0.917 bits per heavy atom. The van der Waals surface area contributed by atoms with Crippen LogP contribution >= 0.6 is 0 Å². The molecular weight excluding hydrogens is 320 g/mol. The van der Waals surface area contributed by atoms with Crippen molar-refractivity contribution in [3.8, 4) is 0 Å². The van der Waals surface area contributed by atoms with E-state index in [4.69, 9.17) is 5.73 Å². The van der Waals surface area contributed by atoms with E-state index in [9.17, 15) is 4.79 Å². The number of carbonyl (C=O) groups is 1. The van der Waals surface area contributed by atoms with Crippen LogP contribution in [0.2, 0.25) is 0 Å². The topological polar surface area (TPSA) is 47.0 Å². The van der Waals surface area contributed by atoms with E-state index in [1.165, 1.54) is 77.0 Å². The highest BCUT2D eigenvalue weighted by Gasteiger charge is 2.06. The van der Waals surface area contributed by atoms with E-state index >= 15 is 0 Å². The van der Waals surface area contributed by atoms with Gasteiger partial charge < -0.3 is 18.1 Å². The monoisotopic (exact) mass is 354 g/mol. The number of pyridine rings is 1. The summed E-state index contributed by atoms with van der Waals surface area (Å²) in [5.41, 5.74) is 5.89. The molecule has 0 aromatic carbocycles. The molecule has 0 aliphatic rings. The lowest BCUT2D eigenvalue weighted by atomic mass is 10.1. The van der Waals surface area contributed by atoms with Gasteiger partial charge in [0.15, 0.2) is 12.4 Å². The maximum absolute atomic E-state index is 11.1. The second-order valence-corrected chi connectivity index (χ2v) is 6.58. The number of nitrogens with zero attached hydrogens (tertiary/aromatic N) is 1. The summed E-state index contributed by atoms with van der Waals surface area (Å²) in [6.07, 6.45) is 20.2. The van der Waals surface area contributed by atoms with Crippen LogP contribution in [-0.4, -0.2) is 5.91 Å². The van der Waals surface area contributed by atoms with Gasteiger partial charge in [-0.05, 0) is 12.5 Å². The average molecular weight is 355 g/mol. The first-order valence-corrected chi connectivity index (χ1v) is 9.53. The third-order valence-electron chi connectivity index (χ3n) is 4.41. The van der Waals surface area contributed by atoms with Gasteiger partial charge in [0.1, 0.15) is 12.1 Å². The fourth-order valence-electron chi connectivity index (χ4n) is 2.94. The van der Waals surface area contributed by atoms with Crippen molar-refractivity contribution in [2.45, 2.75) is 90.5 Å². The minimum absolute atomic E-state index is 0. The van der Waals surface area contributed by atoms with Gasteiger partial charge in [0, 0.05) is 12.5 Å². The summed E-state index contributed by atoms with van der Waals surface area (Å²) in [7, 11) is 0. The van der Waals surface area contributed by atoms with Crippen LogP contribution in [0.3, 0.4) is 0 Å². The van der Waals surface area contributed by atoms with Crippen LogP contribution in [0.25, 0.3) is 0 Å². The summed E-state index contributed by atoms with van der Waals surface area (Å²) in [6.45, 7) is 3.24. The van der Waals surface area contributed by atoms with Crippen molar-refractivity contribution in [3.63, 3.8) is 0 Å². The van der Waals surface area contributed by atoms with E-state index in [-0.39, 0.29) is 18.3 Å². The molecular formula is C20H35ClN2O. The lowest BCUT2D eigenvalue weighted by Gasteiger charge is -2.02. The predicted octanol–water partition coefficient (Wildman–Crippen LogP) is 1.78. The zero-order valence-corrected chi connectivity index (χ0v) is 16.1. The fraction of sp³-hybridized carbons (Fsp3) is 0.700. The molecule has 0 unspecified atom stereocenters. The summed E-state index contributed by atoms with van der Waals surface area (Å²) in [5, 5.41) is 0. The van der Waals surface area contributed by atoms with Crippen molar-refractivity contribution < 1.29 is 21.8 Å². The average Bonchev–Trinajstić information content (AvgIpc) is 2.56. The zero-order chi connectivity index (χ0) is 16.8. The van der Waals surface area contributed by atoms with Crippen LogP contribution in [0.15, 0.2) is 24.5 Å². The molecule has 1 rings (SSSR count). The third-order valence-corrected chi connectivity index (χ3v) is 4.41. The Labute approximate surface area is 154 Å². The van der Waals surface area contributed by atoms with E-state index in [0.29, 0.717) is 5.56 Å². The van der Waals surface area contributed by atoms with Gasteiger partial charge in [-0.2, -0.15) is 0 Å². The van der Waals surface area contributed by atoms with Crippen molar-refractivity contribution in [2.24, 2.45) is 5.73 Å². The van der Waals surface area contributed by atoms with Gasteiger partial charge >= 0.3 is 0 Å². The molecule has 4 heteroatoms. The molecule has 0 saturated carbocycles. The van der Waals surface area contributed by atoms with E-state index in [1.54, 1.807) is 6.07 Å². The number of aromatic nitrogens is 1. The van der Waals surface area contributed by atoms with Crippen molar-refractivity contribution in [3.05, 3.63) is 30.1 Å². The molecule has 1 aromatic rings. The van der Waals surface area contributed by atoms with Crippen LogP contribution in [0.5, 0.6) is 0 Å². The van der Waals surface area contributed by atoms with Crippen molar-refractivity contribution in [2.75, 3.05) is 0 Å². The van der Waals surface area contributed by atoms with Crippen LogP contribution in [0.4, 0.5) is 0 Å². The third kappa shape index (κ3) is 11.4. The second-order valence-electron chi connectivity index (χ2n) is 6.58. The summed E-state index contributed by atoms with van der Waals surface area (Å²) in [4.78, 5) is 11.1. The van der Waals surface area contributed by atoms with Crippen molar-refractivity contribution >= 4 is 5.91 Å². The SMILES string of the molecule is CCCCCCCCCCCCCC[n+]1cccc(C(N)=O)c1.[Cl-]. The Balaban J connectivity index is 0.00000529. The second kappa shape index (κ2) is 15.4. The fourth-order valence-corrected chi connectivity index (χ4v) is 2.94. The lowest BCUT2D eigenvalue weighted by molar-refractivity contribution is -0.697. The van der Waals surface area contributed by atoms with Crippen LogP contribution in [0, 0.1) is 0 Å². The molecule has 0 aliphatic heterocycles. The Bertz CT molecular complexity index is 437. The molecule has 0 atom stereocenters. The van der Waals surface area contributed by atoms with Gasteiger partial charge in [0.25, 0.3) is 5.91 Å². The minimum atomic E-state index is -0.353. The molecule has 0 fully saturated rings. The Morgan fingerprint density at radius 2 is 1.42 bits per heavy atom. The van der Waals surface area contributed by atoms with Crippen LogP contribution in [0.1, 0.15) is 94.3 Å². The molecule has 0 aliphatic carbocycles. The number of rotatable bonds is 14. The van der Waals surface area contributed by atoms with Gasteiger partial charge in [-0.1, -0.05) is 71.1 Å². The maximum atomic E-state index is 11.1. The predicted molar refractivity (Wildman–Crippen MR) is 96.2 cm³/mol. The maximum Gasteiger partial charge on any atom is 0.254 e. The van der Waals surface area contributed by atoms with E-state index in [0.717, 1.165) is 6.54 Å². The molecule has 0 saturated heterocycles. The number of hydrogen-bond donors (Lipinski definition) is 1. The number of amides is 1. The van der Waals surface area contributed by atoms with Gasteiger partial charge in [-0.25, -0.2) is 4.57 Å². The number of primary amides is 1. The first-order valence-electron chi connectivity index (χ1n) is 9.53. The van der Waals surface area contributed by atoms with Crippen LogP contribution in [-0.2, 0) is 6.54 Å². The molecule has 3 nitrogen and oxygen atoms in total. The highest BCUT2D eigenvalue weighted by molar-refractivity contribution is 5.92. The molecule has 1 heterocycles. The summed E-state index contributed by atoms with van der Waals surface area (Å²) in [6, 6.07) is 3.65. The zero-order valence-electron chi connectivity index (χ0n) is 15.3. The van der Waals surface area contributed by atoms with Gasteiger partial charge in [-0.3, -0.25) is 4.79 Å². The first kappa shape index (κ1) is 22.9. The first-order chi connectivity index (χ1) is 11.2. The molecule has 0 spiro atoms. The highest BCUT2D eigenvalue weighted by atomic mass is 35.5. The number of hydrogen-bond acceptors (Lipinski definition) is 1. The Kier molecular flexibility index (Phi) is 14.7. The molecule has 0 bridgehead atoms. The number of halogens is 1. The van der Waals surface area contributed by atoms with Gasteiger partial charge in [0.05, 0.1) is 0 Å². The molecule has 24 heavy (non-hydrogen) atoms. The van der Waals surface area contributed by atoms with Gasteiger partial charge in [-0.15, -0.1) is 0 Å². The largest absolute Gasteiger partial charge is 1.00 e. The normalized spacial score (nSPS) is 10.4. The Morgan fingerprint density at radius 3 is 1.92 bits per heavy atom. The van der Waals surface area contributed by atoms with E-state index < -0.39 is 0 Å². The highest BCUT2D eigenvalue weighted by Crippen LogP contribution is 2.11. The summed E-state index contributed by atoms with van der Waals surface area (Å²) in [5.74, 6) is -0.353. The summed E-state index contributed by atoms with van der Waals surface area (Å²) >= 11 is 0. The standard InChI is InChI=1S/C20H34N2O.ClH/c1-2-3-4-5-6-7-8-9-10-11-12-13-16-22-17-14-15-19(18-22)20(21)23;/h14-15,17-18H,2-13,16H2,1H3,(H-,21,23);1H. The summed E-state index contributed by atoms with van der Waals surface area (Å²) < 4.78 is 2.07. The number of nitrogens with two attached hydrogens (primary N) is 1. The Hall–Kier alpha value is -1.09. The number of aryl methyl sites for hydroxylation is 1. The number of unbranched alkanes of at least 4 members (excludes halogenated alkanes) is 11. The molecule has 2 N–H and O–H groups in total. The molecule has 0 radical (unpaired) electrons. The minimum Gasteiger partial charge on any atom is -1.00 e. The molecule has 1 amide bonds. The molecule has 1 aromatic heterocycles. The van der Waals surface area contributed by atoms with Crippen molar-refractivity contribution in [1.82, 2.24) is 0 Å². The van der Waals surface area contributed by atoms with Crippen LogP contribution < -0.4 is 22.7 Å². The van der Waals surface area contributed by atoms with E-state index in [1.807, 2.05) is 18.5 Å². The molecule has 138 valence electrons. The number of carbonyl (C=O) groups excluding carboxylic acids is 1. The lowest BCUT2D eigenvalue weighted by Crippen LogP contribution is -3.00. The van der Waals surface area contributed by atoms with E-state index in [2.05, 4.69) is 11.5 Å².